The van der Waals surface area contributed by atoms with E-state index in [1.807, 2.05) is 11.9 Å². The van der Waals surface area contributed by atoms with Crippen molar-refractivity contribution in [1.29, 1.82) is 0 Å². The Bertz CT molecular complexity index is 883. The molecule has 0 saturated carbocycles. The maximum absolute atomic E-state index is 13.2. The van der Waals surface area contributed by atoms with Crippen molar-refractivity contribution in [3.05, 3.63) is 39.4 Å². The number of hydrogen-bond acceptors (Lipinski definition) is 6. The van der Waals surface area contributed by atoms with E-state index in [4.69, 9.17) is 22.1 Å². The van der Waals surface area contributed by atoms with Crippen molar-refractivity contribution in [2.75, 3.05) is 44.3 Å². The van der Waals surface area contributed by atoms with E-state index in [0.717, 1.165) is 19.6 Å². The van der Waals surface area contributed by atoms with Gasteiger partial charge in [0, 0.05) is 32.7 Å². The molecule has 2 N–H and O–H groups in total. The lowest BCUT2D eigenvalue weighted by atomic mass is 10.2. The van der Waals surface area contributed by atoms with Gasteiger partial charge >= 0.3 is 0 Å². The summed E-state index contributed by atoms with van der Waals surface area (Å²) in [6.45, 7) is 12.7. The predicted octanol–water partition coefficient (Wildman–Crippen LogP) is 2.14. The fourth-order valence-electron chi connectivity index (χ4n) is 3.41. The van der Waals surface area contributed by atoms with Crippen LogP contribution in [-0.2, 0) is 4.74 Å². The third-order valence-electron chi connectivity index (χ3n) is 4.83. The molecule has 0 bridgehead atoms. The van der Waals surface area contributed by atoms with Crippen LogP contribution in [0.2, 0.25) is 5.02 Å². The van der Waals surface area contributed by atoms with Crippen molar-refractivity contribution in [2.45, 2.75) is 39.3 Å². The van der Waals surface area contributed by atoms with Gasteiger partial charge in [-0.05, 0) is 39.8 Å². The second-order valence-corrected chi connectivity index (χ2v) is 8.67. The lowest BCUT2D eigenvalue weighted by molar-refractivity contribution is -0.0139. The molecule has 154 valence electrons. The summed E-state index contributed by atoms with van der Waals surface area (Å²) in [4.78, 5) is 20.2. The Morgan fingerprint density at radius 3 is 2.54 bits per heavy atom. The minimum Gasteiger partial charge on any atom is -0.375 e. The lowest BCUT2D eigenvalue weighted by Gasteiger charge is -2.38. The molecule has 1 atom stereocenters. The number of nitrogens with zero attached hydrogens (tertiary/aromatic N) is 4. The molecule has 1 aromatic heterocycles. The molecule has 0 spiro atoms. The summed E-state index contributed by atoms with van der Waals surface area (Å²) in [5, 5.41) is 2.88. The summed E-state index contributed by atoms with van der Waals surface area (Å²) in [7, 11) is 0. The molecule has 1 saturated heterocycles. The molecule has 0 aliphatic carbocycles. The summed E-state index contributed by atoms with van der Waals surface area (Å²) in [6.07, 6.45) is 0. The fourth-order valence-corrected chi connectivity index (χ4v) is 3.66. The zero-order valence-electron chi connectivity index (χ0n) is 17.1. The second-order valence-electron chi connectivity index (χ2n) is 8.27. The highest BCUT2D eigenvalue weighted by molar-refractivity contribution is 6.35. The SMILES string of the molecule is C[C@H](N)c1nc2cccc(Cl)c2c(=O)n1N1CCN(CCOC(C)(C)C)CC1. The van der Waals surface area contributed by atoms with E-state index in [9.17, 15) is 4.79 Å². The molecule has 2 aromatic rings. The second kappa shape index (κ2) is 8.37. The third kappa shape index (κ3) is 4.66. The quantitative estimate of drug-likeness (QED) is 0.818. The number of nitrogens with two attached hydrogens (primary N) is 1. The van der Waals surface area contributed by atoms with Crippen molar-refractivity contribution < 1.29 is 4.74 Å². The van der Waals surface area contributed by atoms with Crippen LogP contribution in [0, 0.1) is 0 Å². The van der Waals surface area contributed by atoms with Crippen LogP contribution in [0.5, 0.6) is 0 Å². The van der Waals surface area contributed by atoms with Crippen molar-refractivity contribution in [1.82, 2.24) is 14.6 Å². The average molecular weight is 408 g/mol. The van der Waals surface area contributed by atoms with E-state index < -0.39 is 0 Å². The number of halogens is 1. The Morgan fingerprint density at radius 2 is 1.93 bits per heavy atom. The number of fused-ring (bicyclic) bond motifs is 1. The number of aromatic nitrogens is 2. The minimum absolute atomic E-state index is 0.128. The summed E-state index contributed by atoms with van der Waals surface area (Å²) in [5.41, 5.74) is 6.44. The smallest absolute Gasteiger partial charge is 0.281 e. The highest BCUT2D eigenvalue weighted by Gasteiger charge is 2.24. The molecule has 1 aliphatic rings. The van der Waals surface area contributed by atoms with Crippen LogP contribution >= 0.6 is 11.6 Å². The largest absolute Gasteiger partial charge is 0.375 e. The van der Waals surface area contributed by atoms with Gasteiger partial charge in [0.25, 0.3) is 5.56 Å². The van der Waals surface area contributed by atoms with E-state index >= 15 is 0 Å². The predicted molar refractivity (Wildman–Crippen MR) is 114 cm³/mol. The summed E-state index contributed by atoms with van der Waals surface area (Å²) < 4.78 is 7.45. The highest BCUT2D eigenvalue weighted by Crippen LogP contribution is 2.20. The van der Waals surface area contributed by atoms with Crippen molar-refractivity contribution in [3.8, 4) is 0 Å². The van der Waals surface area contributed by atoms with E-state index in [1.54, 1.807) is 22.9 Å². The fraction of sp³-hybridized carbons (Fsp3) is 0.600. The number of benzene rings is 1. The molecule has 1 aromatic carbocycles. The Hall–Kier alpha value is -1.67. The first-order valence-electron chi connectivity index (χ1n) is 9.75. The van der Waals surface area contributed by atoms with Gasteiger partial charge in [-0.3, -0.25) is 9.69 Å². The molecular formula is C20H30ClN5O2. The maximum Gasteiger partial charge on any atom is 0.281 e. The van der Waals surface area contributed by atoms with Crippen LogP contribution in [0.25, 0.3) is 10.9 Å². The highest BCUT2D eigenvalue weighted by atomic mass is 35.5. The number of hydrogen-bond donors (Lipinski definition) is 1. The van der Waals surface area contributed by atoms with E-state index in [-0.39, 0.29) is 17.2 Å². The number of rotatable bonds is 5. The normalized spacial score (nSPS) is 17.3. The molecule has 1 aliphatic heterocycles. The number of ether oxygens (including phenoxy) is 1. The lowest BCUT2D eigenvalue weighted by Crippen LogP contribution is -2.56. The van der Waals surface area contributed by atoms with E-state index in [2.05, 4.69) is 30.7 Å². The molecule has 3 rings (SSSR count). The van der Waals surface area contributed by atoms with Crippen LogP contribution in [0.3, 0.4) is 0 Å². The topological polar surface area (TPSA) is 76.6 Å². The third-order valence-corrected chi connectivity index (χ3v) is 5.15. The molecule has 28 heavy (non-hydrogen) atoms. The Labute approximate surface area is 171 Å². The maximum atomic E-state index is 13.2. The van der Waals surface area contributed by atoms with Crippen LogP contribution < -0.4 is 16.3 Å². The molecule has 0 amide bonds. The molecule has 0 unspecified atom stereocenters. The van der Waals surface area contributed by atoms with Gasteiger partial charge < -0.3 is 15.5 Å². The van der Waals surface area contributed by atoms with Gasteiger partial charge in [0.2, 0.25) is 0 Å². The molecular weight excluding hydrogens is 378 g/mol. The first-order chi connectivity index (χ1) is 13.2. The molecule has 7 nitrogen and oxygen atoms in total. The van der Waals surface area contributed by atoms with Gasteiger partial charge in [0.15, 0.2) is 0 Å². The van der Waals surface area contributed by atoms with Crippen molar-refractivity contribution in [3.63, 3.8) is 0 Å². The first kappa shape index (κ1) is 21.0. The van der Waals surface area contributed by atoms with Gasteiger partial charge in [-0.15, -0.1) is 0 Å². The first-order valence-corrected chi connectivity index (χ1v) is 10.1. The molecule has 1 fully saturated rings. The summed E-state index contributed by atoms with van der Waals surface area (Å²) >= 11 is 6.30. The minimum atomic E-state index is -0.366. The van der Waals surface area contributed by atoms with E-state index in [0.29, 0.717) is 41.4 Å². The molecule has 2 heterocycles. The zero-order valence-corrected chi connectivity index (χ0v) is 17.9. The van der Waals surface area contributed by atoms with Gasteiger partial charge in [-0.2, -0.15) is 0 Å². The van der Waals surface area contributed by atoms with Crippen molar-refractivity contribution >= 4 is 22.5 Å². The standard InChI is InChI=1S/C20H30ClN5O2/c1-14(22)18-23-16-7-5-6-15(21)17(16)19(27)26(18)25-10-8-24(9-11-25)12-13-28-20(2,3)4/h5-7,14H,8-13,22H2,1-4H3/t14-/m0/s1. The van der Waals surface area contributed by atoms with E-state index in [1.165, 1.54) is 0 Å². The summed E-state index contributed by atoms with van der Waals surface area (Å²) in [5.74, 6) is 0.560. The zero-order chi connectivity index (χ0) is 20.5. The Balaban J connectivity index is 1.81. The van der Waals surface area contributed by atoms with Crippen molar-refractivity contribution in [2.24, 2.45) is 5.73 Å². The number of piperazine rings is 1. The van der Waals surface area contributed by atoms with Crippen LogP contribution in [0.15, 0.2) is 23.0 Å². The summed E-state index contributed by atoms with van der Waals surface area (Å²) in [6, 6.07) is 4.95. The van der Waals surface area contributed by atoms with Gasteiger partial charge in [-0.25, -0.2) is 9.66 Å². The van der Waals surface area contributed by atoms with Crippen LogP contribution in [0.1, 0.15) is 39.6 Å². The van der Waals surface area contributed by atoms with Gasteiger partial charge in [0.1, 0.15) is 5.82 Å². The Kier molecular flexibility index (Phi) is 6.29. The van der Waals surface area contributed by atoms with Crippen LogP contribution in [-0.4, -0.2) is 59.5 Å². The Morgan fingerprint density at radius 1 is 1.25 bits per heavy atom. The molecule has 8 heteroatoms. The molecule has 0 radical (unpaired) electrons. The monoisotopic (exact) mass is 407 g/mol. The van der Waals surface area contributed by atoms with Crippen LogP contribution in [0.4, 0.5) is 0 Å². The average Bonchev–Trinajstić information content (AvgIpc) is 2.61. The van der Waals surface area contributed by atoms with Gasteiger partial charge in [-0.1, -0.05) is 17.7 Å². The van der Waals surface area contributed by atoms with Gasteiger partial charge in [0.05, 0.1) is 34.2 Å².